The Bertz CT molecular complexity index is 670. The van der Waals surface area contributed by atoms with Crippen LogP contribution in [0.2, 0.25) is 0 Å². The van der Waals surface area contributed by atoms with E-state index in [1.165, 1.54) is 17.2 Å². The molecule has 2 aromatic rings. The molecule has 2 aromatic carbocycles. The maximum atomic E-state index is 13.2. The minimum absolute atomic E-state index is 0.106. The molecule has 1 N–H and O–H groups in total. The summed E-state index contributed by atoms with van der Waals surface area (Å²) in [6.45, 7) is 0.801. The number of fused-ring (bicyclic) bond motifs is 2. The van der Waals surface area contributed by atoms with Crippen molar-refractivity contribution < 1.29 is 9.13 Å². The largest absolute Gasteiger partial charge is 0.488 e. The Kier molecular flexibility index (Phi) is 3.15. The summed E-state index contributed by atoms with van der Waals surface area (Å²) >= 11 is 0. The molecule has 0 saturated carbocycles. The summed E-state index contributed by atoms with van der Waals surface area (Å²) in [4.78, 5) is 0. The fraction of sp³-hybridized carbons (Fsp3) is 0.333. The molecule has 0 aromatic heterocycles. The standard InChI is InChI=1S/C18H18FNO/c19-14-6-8-18-13(9-14)10-15(21-18)11-20-17-7-5-12-3-1-2-4-16(12)17/h1-4,6,8-9,15,17,20H,5,7,10-11H2. The summed E-state index contributed by atoms with van der Waals surface area (Å²) < 4.78 is 19.1. The van der Waals surface area contributed by atoms with Crippen molar-refractivity contribution in [1.82, 2.24) is 5.32 Å². The second-order valence-corrected chi connectivity index (χ2v) is 5.89. The molecular weight excluding hydrogens is 265 g/mol. The van der Waals surface area contributed by atoms with Crippen LogP contribution in [-0.4, -0.2) is 12.6 Å². The summed E-state index contributed by atoms with van der Waals surface area (Å²) in [5, 5.41) is 3.61. The van der Waals surface area contributed by atoms with Crippen LogP contribution in [0.3, 0.4) is 0 Å². The van der Waals surface area contributed by atoms with Gasteiger partial charge in [0.1, 0.15) is 17.7 Å². The van der Waals surface area contributed by atoms with Gasteiger partial charge in [-0.2, -0.15) is 0 Å². The zero-order valence-electron chi connectivity index (χ0n) is 11.8. The lowest BCUT2D eigenvalue weighted by Gasteiger charge is -2.17. The van der Waals surface area contributed by atoms with Crippen molar-refractivity contribution in [2.45, 2.75) is 31.4 Å². The highest BCUT2D eigenvalue weighted by Crippen LogP contribution is 2.32. The second-order valence-electron chi connectivity index (χ2n) is 5.89. The van der Waals surface area contributed by atoms with Gasteiger partial charge in [0.05, 0.1) is 0 Å². The molecule has 2 unspecified atom stereocenters. The van der Waals surface area contributed by atoms with Crippen LogP contribution in [0.1, 0.15) is 29.2 Å². The third kappa shape index (κ3) is 2.42. The first-order valence-corrected chi connectivity index (χ1v) is 7.56. The molecule has 3 heteroatoms. The summed E-state index contributed by atoms with van der Waals surface area (Å²) in [5.41, 5.74) is 3.85. The molecule has 4 rings (SSSR count). The van der Waals surface area contributed by atoms with Gasteiger partial charge in [0.15, 0.2) is 0 Å². The number of hydrogen-bond acceptors (Lipinski definition) is 2. The third-order valence-corrected chi connectivity index (χ3v) is 4.49. The van der Waals surface area contributed by atoms with E-state index < -0.39 is 0 Å². The molecule has 0 amide bonds. The molecule has 1 aliphatic carbocycles. The Morgan fingerprint density at radius 1 is 1.14 bits per heavy atom. The number of nitrogens with one attached hydrogen (secondary N) is 1. The maximum absolute atomic E-state index is 13.2. The Balaban J connectivity index is 1.39. The van der Waals surface area contributed by atoms with Gasteiger partial charge >= 0.3 is 0 Å². The Labute approximate surface area is 123 Å². The van der Waals surface area contributed by atoms with Crippen molar-refractivity contribution in [3.05, 3.63) is 65.0 Å². The maximum Gasteiger partial charge on any atom is 0.123 e. The summed E-state index contributed by atoms with van der Waals surface area (Å²) in [7, 11) is 0. The van der Waals surface area contributed by atoms with E-state index in [0.717, 1.165) is 37.1 Å². The Hall–Kier alpha value is -1.87. The van der Waals surface area contributed by atoms with Gasteiger partial charge in [-0.1, -0.05) is 24.3 Å². The van der Waals surface area contributed by atoms with Gasteiger partial charge in [-0.05, 0) is 42.2 Å². The Morgan fingerprint density at radius 3 is 3.00 bits per heavy atom. The summed E-state index contributed by atoms with van der Waals surface area (Å²) in [6.07, 6.45) is 3.18. The van der Waals surface area contributed by atoms with Crippen LogP contribution >= 0.6 is 0 Å². The van der Waals surface area contributed by atoms with Crippen molar-refractivity contribution >= 4 is 0 Å². The van der Waals surface area contributed by atoms with Gasteiger partial charge in [-0.3, -0.25) is 0 Å². The zero-order chi connectivity index (χ0) is 14.2. The van der Waals surface area contributed by atoms with Crippen molar-refractivity contribution in [2.24, 2.45) is 0 Å². The minimum atomic E-state index is -0.185. The summed E-state index contributed by atoms with van der Waals surface area (Å²) in [6, 6.07) is 13.8. The van der Waals surface area contributed by atoms with Crippen molar-refractivity contribution in [3.8, 4) is 5.75 Å². The first kappa shape index (κ1) is 12.8. The van der Waals surface area contributed by atoms with Crippen LogP contribution in [0.15, 0.2) is 42.5 Å². The fourth-order valence-electron chi connectivity index (χ4n) is 3.45. The lowest BCUT2D eigenvalue weighted by atomic mass is 10.1. The van der Waals surface area contributed by atoms with Gasteiger partial charge in [-0.25, -0.2) is 4.39 Å². The normalized spacial score (nSPS) is 22.7. The molecule has 21 heavy (non-hydrogen) atoms. The predicted octanol–water partition coefficient (Wildman–Crippen LogP) is 3.41. The molecule has 0 radical (unpaired) electrons. The van der Waals surface area contributed by atoms with Gasteiger partial charge in [0, 0.05) is 24.6 Å². The molecule has 2 nitrogen and oxygen atoms in total. The number of benzene rings is 2. The highest BCUT2D eigenvalue weighted by Gasteiger charge is 2.26. The van der Waals surface area contributed by atoms with Gasteiger partial charge < -0.3 is 10.1 Å². The lowest BCUT2D eigenvalue weighted by Crippen LogP contribution is -2.32. The van der Waals surface area contributed by atoms with Crippen molar-refractivity contribution in [2.75, 3.05) is 6.54 Å². The average Bonchev–Trinajstić information content (AvgIpc) is 3.08. The quantitative estimate of drug-likeness (QED) is 0.932. The number of aryl methyl sites for hydroxylation is 1. The molecule has 1 heterocycles. The number of halogens is 1. The van der Waals surface area contributed by atoms with E-state index >= 15 is 0 Å². The monoisotopic (exact) mass is 283 g/mol. The second kappa shape index (κ2) is 5.15. The molecule has 0 saturated heterocycles. The van der Waals surface area contributed by atoms with E-state index in [0.29, 0.717) is 6.04 Å². The topological polar surface area (TPSA) is 21.3 Å². The van der Waals surface area contributed by atoms with Crippen LogP contribution in [0.5, 0.6) is 5.75 Å². The van der Waals surface area contributed by atoms with E-state index in [2.05, 4.69) is 29.6 Å². The van der Waals surface area contributed by atoms with E-state index in [1.54, 1.807) is 12.1 Å². The predicted molar refractivity (Wildman–Crippen MR) is 80.0 cm³/mol. The minimum Gasteiger partial charge on any atom is -0.488 e. The number of hydrogen-bond donors (Lipinski definition) is 1. The molecule has 2 atom stereocenters. The first-order valence-electron chi connectivity index (χ1n) is 7.56. The highest BCUT2D eigenvalue weighted by molar-refractivity contribution is 5.38. The molecule has 2 aliphatic rings. The van der Waals surface area contributed by atoms with E-state index in [1.807, 2.05) is 0 Å². The van der Waals surface area contributed by atoms with Crippen LogP contribution in [-0.2, 0) is 12.8 Å². The molecule has 0 bridgehead atoms. The molecule has 1 aliphatic heterocycles. The van der Waals surface area contributed by atoms with E-state index in [9.17, 15) is 4.39 Å². The van der Waals surface area contributed by atoms with Crippen molar-refractivity contribution in [3.63, 3.8) is 0 Å². The zero-order valence-corrected chi connectivity index (χ0v) is 11.8. The van der Waals surface area contributed by atoms with Crippen LogP contribution in [0, 0.1) is 5.82 Å². The fourth-order valence-corrected chi connectivity index (χ4v) is 3.45. The van der Waals surface area contributed by atoms with Gasteiger partial charge in [0.2, 0.25) is 0 Å². The summed E-state index contributed by atoms with van der Waals surface area (Å²) in [5.74, 6) is 0.644. The lowest BCUT2D eigenvalue weighted by molar-refractivity contribution is 0.221. The van der Waals surface area contributed by atoms with Crippen LogP contribution in [0.4, 0.5) is 4.39 Å². The van der Waals surface area contributed by atoms with Gasteiger partial charge in [0.25, 0.3) is 0 Å². The smallest absolute Gasteiger partial charge is 0.123 e. The number of rotatable bonds is 3. The Morgan fingerprint density at radius 2 is 2.05 bits per heavy atom. The molecular formula is C18H18FNO. The number of ether oxygens (including phenoxy) is 1. The third-order valence-electron chi connectivity index (χ3n) is 4.49. The van der Waals surface area contributed by atoms with Crippen LogP contribution < -0.4 is 10.1 Å². The molecule has 0 fully saturated rings. The first-order chi connectivity index (χ1) is 10.3. The van der Waals surface area contributed by atoms with Crippen molar-refractivity contribution in [1.29, 1.82) is 0 Å². The average molecular weight is 283 g/mol. The molecule has 108 valence electrons. The molecule has 0 spiro atoms. The van der Waals surface area contributed by atoms with Crippen LogP contribution in [0.25, 0.3) is 0 Å². The van der Waals surface area contributed by atoms with E-state index in [-0.39, 0.29) is 11.9 Å². The van der Waals surface area contributed by atoms with E-state index in [4.69, 9.17) is 4.74 Å². The highest BCUT2D eigenvalue weighted by atomic mass is 19.1. The SMILES string of the molecule is Fc1ccc2c(c1)CC(CNC1CCc3ccccc31)O2. The van der Waals surface area contributed by atoms with Gasteiger partial charge in [-0.15, -0.1) is 0 Å².